The van der Waals surface area contributed by atoms with E-state index in [4.69, 9.17) is 0 Å². The Morgan fingerprint density at radius 2 is 1.92 bits per heavy atom. The summed E-state index contributed by atoms with van der Waals surface area (Å²) in [6.45, 7) is 4.88. The second-order valence-electron chi connectivity index (χ2n) is 5.69. The van der Waals surface area contributed by atoms with Gasteiger partial charge in [-0.15, -0.1) is 5.10 Å². The smallest absolute Gasteiger partial charge is 0.258 e. The number of aromatic amines is 1. The monoisotopic (exact) mass is 336 g/mol. The highest BCUT2D eigenvalue weighted by Gasteiger charge is 2.12. The maximum Gasteiger partial charge on any atom is 0.258 e. The highest BCUT2D eigenvalue weighted by molar-refractivity contribution is 6.03. The van der Waals surface area contributed by atoms with Crippen LogP contribution in [-0.4, -0.2) is 39.7 Å². The number of H-pyrrole nitrogens is 1. The summed E-state index contributed by atoms with van der Waals surface area (Å²) in [5.41, 5.74) is 3.18. The van der Waals surface area contributed by atoms with Crippen LogP contribution in [0.25, 0.3) is 11.5 Å². The van der Waals surface area contributed by atoms with E-state index in [0.29, 0.717) is 17.1 Å². The standard InChI is InChI=1S/C18H20N6O/c1-4-24(3)14-10-8-13(9-11-14)17(25)21-18-20-16(22-23-18)15-7-5-6-12(2)19-15/h5-11H,4H2,1-3H3,(H2,20,21,22,23,25). The van der Waals surface area contributed by atoms with Gasteiger partial charge in [0.1, 0.15) is 5.69 Å². The van der Waals surface area contributed by atoms with Crippen LogP contribution in [0.4, 0.5) is 11.6 Å². The van der Waals surface area contributed by atoms with E-state index in [-0.39, 0.29) is 11.9 Å². The lowest BCUT2D eigenvalue weighted by atomic mass is 10.2. The third-order valence-corrected chi connectivity index (χ3v) is 3.89. The topological polar surface area (TPSA) is 86.8 Å². The van der Waals surface area contributed by atoms with Gasteiger partial charge in [0.25, 0.3) is 5.91 Å². The molecule has 0 unspecified atom stereocenters. The van der Waals surface area contributed by atoms with Crippen molar-refractivity contribution < 1.29 is 4.79 Å². The fraction of sp³-hybridized carbons (Fsp3) is 0.222. The molecule has 7 heteroatoms. The van der Waals surface area contributed by atoms with Crippen molar-refractivity contribution in [2.45, 2.75) is 13.8 Å². The molecular formula is C18H20N6O. The zero-order chi connectivity index (χ0) is 17.8. The van der Waals surface area contributed by atoms with E-state index < -0.39 is 0 Å². The quantitative estimate of drug-likeness (QED) is 0.748. The number of carbonyl (C=O) groups is 1. The lowest BCUT2D eigenvalue weighted by molar-refractivity contribution is 0.102. The van der Waals surface area contributed by atoms with Crippen molar-refractivity contribution in [3.05, 3.63) is 53.7 Å². The van der Waals surface area contributed by atoms with Crippen molar-refractivity contribution in [1.29, 1.82) is 0 Å². The zero-order valence-electron chi connectivity index (χ0n) is 14.4. The minimum atomic E-state index is -0.256. The van der Waals surface area contributed by atoms with Gasteiger partial charge in [-0.3, -0.25) is 15.2 Å². The average Bonchev–Trinajstić information content (AvgIpc) is 3.09. The van der Waals surface area contributed by atoms with Crippen molar-refractivity contribution >= 4 is 17.5 Å². The molecule has 0 aliphatic heterocycles. The molecule has 0 saturated carbocycles. The Bertz CT molecular complexity index is 871. The van der Waals surface area contributed by atoms with Crippen LogP contribution in [0.5, 0.6) is 0 Å². The number of hydrogen-bond acceptors (Lipinski definition) is 5. The molecule has 0 bridgehead atoms. The molecule has 0 aliphatic rings. The van der Waals surface area contributed by atoms with E-state index in [1.807, 2.05) is 44.3 Å². The third kappa shape index (κ3) is 3.82. The van der Waals surface area contributed by atoms with E-state index in [9.17, 15) is 4.79 Å². The lowest BCUT2D eigenvalue weighted by Gasteiger charge is -2.16. The fourth-order valence-electron chi connectivity index (χ4n) is 2.33. The van der Waals surface area contributed by atoms with Gasteiger partial charge in [0, 0.05) is 30.5 Å². The lowest BCUT2D eigenvalue weighted by Crippen LogP contribution is -2.16. The van der Waals surface area contributed by atoms with Gasteiger partial charge >= 0.3 is 0 Å². The second-order valence-corrected chi connectivity index (χ2v) is 5.69. The number of nitrogens with zero attached hydrogens (tertiary/aromatic N) is 4. The molecule has 0 fully saturated rings. The van der Waals surface area contributed by atoms with Crippen LogP contribution in [0.3, 0.4) is 0 Å². The van der Waals surface area contributed by atoms with Gasteiger partial charge in [0.2, 0.25) is 5.95 Å². The van der Waals surface area contributed by atoms with Crippen LogP contribution < -0.4 is 10.2 Å². The first-order chi connectivity index (χ1) is 12.1. The van der Waals surface area contributed by atoms with Crippen molar-refractivity contribution in [3.8, 4) is 11.5 Å². The first-order valence-corrected chi connectivity index (χ1v) is 8.06. The number of aryl methyl sites for hydroxylation is 1. The molecule has 2 heterocycles. The first kappa shape index (κ1) is 16.6. The Morgan fingerprint density at radius 3 is 2.60 bits per heavy atom. The molecule has 2 N–H and O–H groups in total. The number of rotatable bonds is 5. The average molecular weight is 336 g/mol. The van der Waals surface area contributed by atoms with Gasteiger partial charge in [-0.1, -0.05) is 6.07 Å². The molecule has 0 radical (unpaired) electrons. The molecule has 0 spiro atoms. The highest BCUT2D eigenvalue weighted by Crippen LogP contribution is 2.16. The Kier molecular flexibility index (Phi) is 4.74. The molecule has 0 saturated heterocycles. The summed E-state index contributed by atoms with van der Waals surface area (Å²) in [7, 11) is 2.00. The molecule has 3 aromatic rings. The Balaban J connectivity index is 1.71. The van der Waals surface area contributed by atoms with Crippen LogP contribution >= 0.6 is 0 Å². The minimum Gasteiger partial charge on any atom is -0.375 e. The summed E-state index contributed by atoms with van der Waals surface area (Å²) in [4.78, 5) is 23.1. The predicted octanol–water partition coefficient (Wildman–Crippen LogP) is 2.88. The first-order valence-electron chi connectivity index (χ1n) is 8.06. The van der Waals surface area contributed by atoms with Crippen LogP contribution in [-0.2, 0) is 0 Å². The van der Waals surface area contributed by atoms with Gasteiger partial charge in [-0.05, 0) is 50.2 Å². The molecular weight excluding hydrogens is 316 g/mol. The van der Waals surface area contributed by atoms with Crippen molar-refractivity contribution in [3.63, 3.8) is 0 Å². The third-order valence-electron chi connectivity index (χ3n) is 3.89. The van der Waals surface area contributed by atoms with E-state index in [1.165, 1.54) is 0 Å². The number of nitrogens with one attached hydrogen (secondary N) is 2. The normalized spacial score (nSPS) is 10.5. The molecule has 128 valence electrons. The van der Waals surface area contributed by atoms with E-state index in [1.54, 1.807) is 12.1 Å². The fourth-order valence-corrected chi connectivity index (χ4v) is 2.33. The Hall–Kier alpha value is -3.22. The maximum atomic E-state index is 12.3. The van der Waals surface area contributed by atoms with E-state index >= 15 is 0 Å². The number of anilines is 2. The van der Waals surface area contributed by atoms with Crippen molar-refractivity contribution in [2.24, 2.45) is 0 Å². The van der Waals surface area contributed by atoms with Gasteiger partial charge in [-0.2, -0.15) is 4.98 Å². The predicted molar refractivity (Wildman–Crippen MR) is 97.7 cm³/mol. The Morgan fingerprint density at radius 1 is 1.16 bits per heavy atom. The Labute approximate surface area is 146 Å². The molecule has 1 amide bonds. The second kappa shape index (κ2) is 7.12. The van der Waals surface area contributed by atoms with Crippen LogP contribution in [0.15, 0.2) is 42.5 Å². The molecule has 0 aliphatic carbocycles. The SMILES string of the molecule is CCN(C)c1ccc(C(=O)Nc2n[nH]c(-c3cccc(C)n3)n2)cc1. The molecule has 2 aromatic heterocycles. The molecule has 3 rings (SSSR count). The van der Waals surface area contributed by atoms with Gasteiger partial charge in [0.05, 0.1) is 0 Å². The number of pyridine rings is 1. The summed E-state index contributed by atoms with van der Waals surface area (Å²) in [6, 6.07) is 13.0. The summed E-state index contributed by atoms with van der Waals surface area (Å²) >= 11 is 0. The highest BCUT2D eigenvalue weighted by atomic mass is 16.1. The summed E-state index contributed by atoms with van der Waals surface area (Å²) < 4.78 is 0. The zero-order valence-corrected chi connectivity index (χ0v) is 14.4. The van der Waals surface area contributed by atoms with E-state index in [0.717, 1.165) is 17.9 Å². The number of carbonyl (C=O) groups excluding carboxylic acids is 1. The summed E-state index contributed by atoms with van der Waals surface area (Å²) in [6.07, 6.45) is 0. The van der Waals surface area contributed by atoms with E-state index in [2.05, 4.69) is 37.3 Å². The van der Waals surface area contributed by atoms with Crippen LogP contribution in [0.2, 0.25) is 0 Å². The summed E-state index contributed by atoms with van der Waals surface area (Å²) in [5, 5.41) is 9.52. The number of aromatic nitrogens is 4. The minimum absolute atomic E-state index is 0.220. The van der Waals surface area contributed by atoms with Crippen LogP contribution in [0, 0.1) is 6.92 Å². The van der Waals surface area contributed by atoms with Crippen LogP contribution in [0.1, 0.15) is 23.0 Å². The molecule has 1 aromatic carbocycles. The van der Waals surface area contributed by atoms with Gasteiger partial charge in [0.15, 0.2) is 5.82 Å². The van der Waals surface area contributed by atoms with Gasteiger partial charge in [-0.25, -0.2) is 4.98 Å². The largest absolute Gasteiger partial charge is 0.375 e. The van der Waals surface area contributed by atoms with Crippen molar-refractivity contribution in [2.75, 3.05) is 23.8 Å². The molecule has 25 heavy (non-hydrogen) atoms. The number of hydrogen-bond donors (Lipinski definition) is 2. The molecule has 7 nitrogen and oxygen atoms in total. The summed E-state index contributed by atoms with van der Waals surface area (Å²) in [5.74, 6) is 0.477. The molecule has 0 atom stereocenters. The number of amides is 1. The maximum absolute atomic E-state index is 12.3. The van der Waals surface area contributed by atoms with Gasteiger partial charge < -0.3 is 4.90 Å². The number of benzene rings is 1. The van der Waals surface area contributed by atoms with Crippen molar-refractivity contribution in [1.82, 2.24) is 20.2 Å².